The van der Waals surface area contributed by atoms with Gasteiger partial charge in [-0.25, -0.2) is 8.42 Å². The Morgan fingerprint density at radius 3 is 2.59 bits per heavy atom. The monoisotopic (exact) mass is 389 g/mol. The predicted octanol–water partition coefficient (Wildman–Crippen LogP) is 1.52. The summed E-state index contributed by atoms with van der Waals surface area (Å²) in [4.78, 5) is 23.6. The molecular formula is C18H19N3O5S. The fourth-order valence-corrected chi connectivity index (χ4v) is 5.44. The lowest BCUT2D eigenvalue weighted by molar-refractivity contribution is -0.134. The smallest absolute Gasteiger partial charge is 0.249 e. The number of aromatic nitrogens is 1. The minimum Gasteiger partial charge on any atom is -0.360 e. The van der Waals surface area contributed by atoms with Crippen LogP contribution in [0.5, 0.6) is 0 Å². The van der Waals surface area contributed by atoms with Gasteiger partial charge in [0.2, 0.25) is 21.8 Å². The summed E-state index contributed by atoms with van der Waals surface area (Å²) in [5.41, 5.74) is 2.91. The van der Waals surface area contributed by atoms with E-state index in [4.69, 9.17) is 4.52 Å². The molecular weight excluding hydrogens is 370 g/mol. The molecule has 2 aromatic rings. The van der Waals surface area contributed by atoms with Crippen molar-refractivity contribution in [2.45, 2.75) is 50.6 Å². The third kappa shape index (κ3) is 2.96. The number of sulfonamides is 1. The molecule has 0 aliphatic carbocycles. The van der Waals surface area contributed by atoms with E-state index in [1.165, 1.54) is 4.31 Å². The Hall–Kier alpha value is -2.52. The minimum absolute atomic E-state index is 0.112. The third-order valence-corrected chi connectivity index (χ3v) is 7.17. The second-order valence-electron chi connectivity index (χ2n) is 6.96. The predicted molar refractivity (Wildman–Crippen MR) is 94.0 cm³/mol. The second kappa shape index (κ2) is 6.28. The van der Waals surface area contributed by atoms with Gasteiger partial charge in [0, 0.05) is 19.5 Å². The van der Waals surface area contributed by atoms with Gasteiger partial charge in [-0.2, -0.15) is 4.31 Å². The topological polar surface area (TPSA) is 110 Å². The Kier molecular flexibility index (Phi) is 4.15. The van der Waals surface area contributed by atoms with Gasteiger partial charge in [0.15, 0.2) is 5.76 Å². The minimum atomic E-state index is -3.73. The maximum Gasteiger partial charge on any atom is 0.249 e. The van der Waals surface area contributed by atoms with Gasteiger partial charge in [-0.15, -0.1) is 0 Å². The molecule has 1 N–H and O–H groups in total. The molecule has 1 aromatic heterocycles. The molecule has 8 nitrogen and oxygen atoms in total. The average molecular weight is 389 g/mol. The van der Waals surface area contributed by atoms with E-state index in [1.54, 1.807) is 13.8 Å². The Labute approximate surface area is 156 Å². The van der Waals surface area contributed by atoms with Crippen molar-refractivity contribution in [2.75, 3.05) is 0 Å². The number of carbonyl (C=O) groups excluding carboxylic acids is 2. The van der Waals surface area contributed by atoms with E-state index in [0.717, 1.165) is 16.7 Å². The van der Waals surface area contributed by atoms with E-state index in [-0.39, 0.29) is 41.5 Å². The second-order valence-corrected chi connectivity index (χ2v) is 8.83. The standard InChI is InChI=1S/C18H19N3O5S/c1-10-17(11(2)26-20-10)27(24,25)21-8-13-4-3-12(7-14(13)9-21)15-5-6-16(22)19-18(15)23/h3-4,7,15H,5-6,8-9H2,1-2H3,(H,19,22,23). The summed E-state index contributed by atoms with van der Waals surface area (Å²) < 4.78 is 32.4. The highest BCUT2D eigenvalue weighted by Crippen LogP contribution is 2.34. The Balaban J connectivity index is 1.61. The van der Waals surface area contributed by atoms with Gasteiger partial charge < -0.3 is 4.52 Å². The zero-order chi connectivity index (χ0) is 19.3. The number of amides is 2. The first-order valence-electron chi connectivity index (χ1n) is 8.66. The molecule has 2 amide bonds. The average Bonchev–Trinajstić information content (AvgIpc) is 3.18. The van der Waals surface area contributed by atoms with Crippen LogP contribution in [0.1, 0.15) is 46.9 Å². The van der Waals surface area contributed by atoms with Crippen molar-refractivity contribution in [3.63, 3.8) is 0 Å². The quantitative estimate of drug-likeness (QED) is 0.797. The van der Waals surface area contributed by atoms with Gasteiger partial charge in [0.05, 0.1) is 5.92 Å². The summed E-state index contributed by atoms with van der Waals surface area (Å²) in [7, 11) is -3.73. The van der Waals surface area contributed by atoms with Crippen LogP contribution in [-0.2, 0) is 32.7 Å². The van der Waals surface area contributed by atoms with Crippen LogP contribution in [0, 0.1) is 13.8 Å². The fraction of sp³-hybridized carbons (Fsp3) is 0.389. The van der Waals surface area contributed by atoms with Crippen LogP contribution in [0.15, 0.2) is 27.6 Å². The zero-order valence-electron chi connectivity index (χ0n) is 15.0. The lowest BCUT2D eigenvalue weighted by atomic mass is 9.89. The molecule has 1 unspecified atom stereocenters. The number of benzene rings is 1. The van der Waals surface area contributed by atoms with Crippen molar-refractivity contribution in [3.8, 4) is 0 Å². The Bertz CT molecular complexity index is 1040. The number of piperidine rings is 1. The molecule has 0 saturated carbocycles. The van der Waals surface area contributed by atoms with Crippen LogP contribution >= 0.6 is 0 Å². The van der Waals surface area contributed by atoms with E-state index in [9.17, 15) is 18.0 Å². The van der Waals surface area contributed by atoms with Gasteiger partial charge >= 0.3 is 0 Å². The van der Waals surface area contributed by atoms with Crippen LogP contribution in [0.25, 0.3) is 0 Å². The van der Waals surface area contributed by atoms with Crippen molar-refractivity contribution in [3.05, 3.63) is 46.3 Å². The number of carbonyl (C=O) groups is 2. The molecule has 2 aliphatic rings. The van der Waals surface area contributed by atoms with Crippen LogP contribution in [0.2, 0.25) is 0 Å². The largest absolute Gasteiger partial charge is 0.360 e. The van der Waals surface area contributed by atoms with Crippen molar-refractivity contribution >= 4 is 21.8 Å². The summed E-state index contributed by atoms with van der Waals surface area (Å²) >= 11 is 0. The summed E-state index contributed by atoms with van der Waals surface area (Å²) in [6, 6.07) is 5.57. The van der Waals surface area contributed by atoms with Crippen molar-refractivity contribution in [1.29, 1.82) is 0 Å². The van der Waals surface area contributed by atoms with E-state index in [1.807, 2.05) is 18.2 Å². The first kappa shape index (κ1) is 17.9. The number of imide groups is 1. The maximum atomic E-state index is 13.0. The molecule has 1 fully saturated rings. The number of rotatable bonds is 3. The SMILES string of the molecule is Cc1noc(C)c1S(=O)(=O)N1Cc2ccc(C3CCC(=O)NC3=O)cc2C1. The number of nitrogens with zero attached hydrogens (tertiary/aromatic N) is 2. The molecule has 2 aliphatic heterocycles. The molecule has 142 valence electrons. The number of nitrogens with one attached hydrogen (secondary N) is 1. The Morgan fingerprint density at radius 1 is 1.19 bits per heavy atom. The molecule has 3 heterocycles. The maximum absolute atomic E-state index is 13.0. The van der Waals surface area contributed by atoms with Crippen LogP contribution in [-0.4, -0.2) is 29.7 Å². The van der Waals surface area contributed by atoms with Gasteiger partial charge in [0.25, 0.3) is 0 Å². The van der Waals surface area contributed by atoms with Crippen LogP contribution in [0.4, 0.5) is 0 Å². The molecule has 0 bridgehead atoms. The third-order valence-electron chi connectivity index (χ3n) is 5.13. The van der Waals surface area contributed by atoms with E-state index >= 15 is 0 Å². The van der Waals surface area contributed by atoms with Crippen LogP contribution in [0.3, 0.4) is 0 Å². The highest BCUT2D eigenvalue weighted by atomic mass is 32.2. The number of hydrogen-bond donors (Lipinski definition) is 1. The lowest BCUT2D eigenvalue weighted by Gasteiger charge is -2.21. The van der Waals surface area contributed by atoms with E-state index in [0.29, 0.717) is 18.5 Å². The molecule has 0 spiro atoms. The molecule has 1 aromatic carbocycles. The van der Waals surface area contributed by atoms with Crippen molar-refractivity contribution in [1.82, 2.24) is 14.8 Å². The molecule has 1 saturated heterocycles. The highest BCUT2D eigenvalue weighted by molar-refractivity contribution is 7.89. The normalized spacial score (nSPS) is 20.6. The fourth-order valence-electron chi connectivity index (χ4n) is 3.75. The Morgan fingerprint density at radius 2 is 1.93 bits per heavy atom. The van der Waals surface area contributed by atoms with Gasteiger partial charge in [0.1, 0.15) is 10.6 Å². The summed E-state index contributed by atoms with van der Waals surface area (Å²) in [5.74, 6) is -0.674. The highest BCUT2D eigenvalue weighted by Gasteiger charge is 2.36. The van der Waals surface area contributed by atoms with Gasteiger partial charge in [-0.05, 0) is 37.0 Å². The lowest BCUT2D eigenvalue weighted by Crippen LogP contribution is -2.39. The molecule has 1 atom stereocenters. The molecule has 4 rings (SSSR count). The van der Waals surface area contributed by atoms with E-state index in [2.05, 4.69) is 10.5 Å². The zero-order valence-corrected chi connectivity index (χ0v) is 15.8. The molecule has 27 heavy (non-hydrogen) atoms. The van der Waals surface area contributed by atoms with Gasteiger partial charge in [-0.1, -0.05) is 23.4 Å². The molecule has 9 heteroatoms. The van der Waals surface area contributed by atoms with Gasteiger partial charge in [-0.3, -0.25) is 14.9 Å². The molecule has 0 radical (unpaired) electrons. The number of fused-ring (bicyclic) bond motifs is 1. The first-order valence-corrected chi connectivity index (χ1v) is 10.1. The summed E-state index contributed by atoms with van der Waals surface area (Å²) in [6.45, 7) is 3.67. The summed E-state index contributed by atoms with van der Waals surface area (Å²) in [6.07, 6.45) is 0.768. The van der Waals surface area contributed by atoms with Crippen LogP contribution < -0.4 is 5.32 Å². The number of aryl methyl sites for hydroxylation is 2. The first-order chi connectivity index (χ1) is 12.8. The van der Waals surface area contributed by atoms with Crippen molar-refractivity contribution in [2.24, 2.45) is 0 Å². The summed E-state index contributed by atoms with van der Waals surface area (Å²) in [5, 5.41) is 6.10. The van der Waals surface area contributed by atoms with E-state index < -0.39 is 10.0 Å². The van der Waals surface area contributed by atoms with Crippen molar-refractivity contribution < 1.29 is 22.5 Å². The number of hydrogen-bond acceptors (Lipinski definition) is 6.